The van der Waals surface area contributed by atoms with Crippen LogP contribution >= 0.6 is 0 Å². The van der Waals surface area contributed by atoms with Crippen molar-refractivity contribution in [3.63, 3.8) is 0 Å². The summed E-state index contributed by atoms with van der Waals surface area (Å²) in [6, 6.07) is 15.7. The fourth-order valence-corrected chi connectivity index (χ4v) is 2.24. The minimum absolute atomic E-state index is 0.312. The van der Waals surface area contributed by atoms with E-state index in [9.17, 15) is 14.0 Å². The van der Waals surface area contributed by atoms with Gasteiger partial charge >= 0.3 is 0 Å². The molecule has 0 saturated heterocycles. The van der Waals surface area contributed by atoms with E-state index in [4.69, 9.17) is 0 Å². The molecule has 0 amide bonds. The van der Waals surface area contributed by atoms with Gasteiger partial charge in [0.2, 0.25) is 0 Å². The van der Waals surface area contributed by atoms with Gasteiger partial charge in [0, 0.05) is 17.3 Å². The van der Waals surface area contributed by atoms with Crippen LogP contribution in [0.15, 0.2) is 60.8 Å². The molecule has 0 aliphatic heterocycles. The SMILES string of the molecule is N#Cc1cc(-c2cccc(F)c2)cnc1-c1cccc(F)c1. The Morgan fingerprint density at radius 3 is 2.09 bits per heavy atom. The molecule has 22 heavy (non-hydrogen) atoms. The maximum atomic E-state index is 13.3. The van der Waals surface area contributed by atoms with Crippen LogP contribution in [0.25, 0.3) is 22.4 Å². The summed E-state index contributed by atoms with van der Waals surface area (Å²) in [5.41, 5.74) is 2.52. The molecule has 0 N–H and O–H groups in total. The molecule has 106 valence electrons. The summed E-state index contributed by atoms with van der Waals surface area (Å²) in [4.78, 5) is 4.26. The molecule has 0 aliphatic rings. The van der Waals surface area contributed by atoms with Crippen molar-refractivity contribution in [1.29, 1.82) is 5.26 Å². The Labute approximate surface area is 126 Å². The number of benzene rings is 2. The Kier molecular flexibility index (Phi) is 3.63. The zero-order chi connectivity index (χ0) is 15.5. The molecule has 1 aromatic heterocycles. The molecule has 2 nitrogen and oxygen atoms in total. The van der Waals surface area contributed by atoms with Crippen molar-refractivity contribution in [2.75, 3.05) is 0 Å². The first-order chi connectivity index (χ1) is 10.7. The van der Waals surface area contributed by atoms with Crippen LogP contribution in [-0.4, -0.2) is 4.98 Å². The quantitative estimate of drug-likeness (QED) is 0.694. The molecule has 0 atom stereocenters. The summed E-state index contributed by atoms with van der Waals surface area (Å²) in [6.07, 6.45) is 1.55. The highest BCUT2D eigenvalue weighted by molar-refractivity contribution is 5.72. The molecule has 3 rings (SSSR count). The topological polar surface area (TPSA) is 36.7 Å². The van der Waals surface area contributed by atoms with E-state index in [-0.39, 0.29) is 5.82 Å². The van der Waals surface area contributed by atoms with E-state index >= 15 is 0 Å². The number of nitrogens with zero attached hydrogens (tertiary/aromatic N) is 2. The van der Waals surface area contributed by atoms with Crippen molar-refractivity contribution >= 4 is 0 Å². The van der Waals surface area contributed by atoms with Gasteiger partial charge in [-0.3, -0.25) is 4.98 Å². The van der Waals surface area contributed by atoms with E-state index in [0.29, 0.717) is 27.9 Å². The molecule has 0 radical (unpaired) electrons. The van der Waals surface area contributed by atoms with Gasteiger partial charge in [0.1, 0.15) is 17.7 Å². The van der Waals surface area contributed by atoms with Gasteiger partial charge < -0.3 is 0 Å². The van der Waals surface area contributed by atoms with E-state index in [1.807, 2.05) is 0 Å². The second kappa shape index (κ2) is 5.74. The summed E-state index contributed by atoms with van der Waals surface area (Å²) < 4.78 is 26.6. The van der Waals surface area contributed by atoms with Crippen molar-refractivity contribution < 1.29 is 8.78 Å². The highest BCUT2D eigenvalue weighted by atomic mass is 19.1. The van der Waals surface area contributed by atoms with Gasteiger partial charge in [0.25, 0.3) is 0 Å². The van der Waals surface area contributed by atoms with E-state index in [2.05, 4.69) is 11.1 Å². The van der Waals surface area contributed by atoms with Crippen LogP contribution in [0.4, 0.5) is 8.78 Å². The first-order valence-corrected chi connectivity index (χ1v) is 6.59. The Hall–Kier alpha value is -3.06. The highest BCUT2D eigenvalue weighted by Crippen LogP contribution is 2.27. The number of pyridine rings is 1. The standard InChI is InChI=1S/C18H10F2N2/c19-16-5-1-3-12(8-16)15-7-14(10-21)18(22-11-15)13-4-2-6-17(20)9-13/h1-9,11H. The number of rotatable bonds is 2. The van der Waals surface area contributed by atoms with Gasteiger partial charge in [-0.25, -0.2) is 8.78 Å². The number of hydrogen-bond donors (Lipinski definition) is 0. The summed E-state index contributed by atoms with van der Waals surface area (Å²) in [5, 5.41) is 9.32. The van der Waals surface area contributed by atoms with Crippen molar-refractivity contribution in [2.45, 2.75) is 0 Å². The van der Waals surface area contributed by atoms with Crippen LogP contribution in [0.5, 0.6) is 0 Å². The molecule has 1 heterocycles. The molecule has 0 aliphatic carbocycles. The molecule has 4 heteroatoms. The van der Waals surface area contributed by atoms with Gasteiger partial charge in [0.15, 0.2) is 0 Å². The highest BCUT2D eigenvalue weighted by Gasteiger charge is 2.10. The minimum atomic E-state index is -0.391. The second-order valence-electron chi connectivity index (χ2n) is 4.75. The average Bonchev–Trinajstić information content (AvgIpc) is 2.54. The lowest BCUT2D eigenvalue weighted by Crippen LogP contribution is -1.92. The van der Waals surface area contributed by atoms with Crippen LogP contribution in [-0.2, 0) is 0 Å². The largest absolute Gasteiger partial charge is 0.254 e. The van der Waals surface area contributed by atoms with Crippen LogP contribution in [0.3, 0.4) is 0 Å². The Balaban J connectivity index is 2.11. The molecular formula is C18H10F2N2. The molecule has 0 bridgehead atoms. The number of halogens is 2. The molecule has 0 fully saturated rings. The molecule has 0 saturated carbocycles. The van der Waals surface area contributed by atoms with Gasteiger partial charge in [0.05, 0.1) is 11.3 Å². The maximum absolute atomic E-state index is 13.3. The molecule has 3 aromatic rings. The fourth-order valence-electron chi connectivity index (χ4n) is 2.24. The third kappa shape index (κ3) is 2.70. The third-order valence-corrected chi connectivity index (χ3v) is 3.26. The van der Waals surface area contributed by atoms with Crippen LogP contribution in [0.2, 0.25) is 0 Å². The Morgan fingerprint density at radius 1 is 0.818 bits per heavy atom. The minimum Gasteiger partial charge on any atom is -0.254 e. The number of aromatic nitrogens is 1. The lowest BCUT2D eigenvalue weighted by atomic mass is 10.0. The number of hydrogen-bond acceptors (Lipinski definition) is 2. The second-order valence-corrected chi connectivity index (χ2v) is 4.75. The van der Waals surface area contributed by atoms with Gasteiger partial charge in [-0.1, -0.05) is 24.3 Å². The van der Waals surface area contributed by atoms with Crippen molar-refractivity contribution in [2.24, 2.45) is 0 Å². The summed E-state index contributed by atoms with van der Waals surface area (Å²) >= 11 is 0. The fraction of sp³-hybridized carbons (Fsp3) is 0. The van der Waals surface area contributed by atoms with E-state index in [1.165, 1.54) is 24.3 Å². The monoisotopic (exact) mass is 292 g/mol. The zero-order valence-corrected chi connectivity index (χ0v) is 11.4. The van der Waals surface area contributed by atoms with Crippen LogP contribution < -0.4 is 0 Å². The van der Waals surface area contributed by atoms with Crippen molar-refractivity contribution in [3.8, 4) is 28.5 Å². The lowest BCUT2D eigenvalue weighted by Gasteiger charge is -2.07. The van der Waals surface area contributed by atoms with Crippen LogP contribution in [0.1, 0.15) is 5.56 Å². The van der Waals surface area contributed by atoms with Gasteiger partial charge in [-0.15, -0.1) is 0 Å². The first-order valence-electron chi connectivity index (χ1n) is 6.59. The summed E-state index contributed by atoms with van der Waals surface area (Å²) in [5.74, 6) is -0.748. The normalized spacial score (nSPS) is 10.2. The zero-order valence-electron chi connectivity index (χ0n) is 11.4. The van der Waals surface area contributed by atoms with Crippen molar-refractivity contribution in [1.82, 2.24) is 4.98 Å². The average molecular weight is 292 g/mol. The summed E-state index contributed by atoms with van der Waals surface area (Å²) in [6.45, 7) is 0. The van der Waals surface area contributed by atoms with Crippen molar-refractivity contribution in [3.05, 3.63) is 78.0 Å². The van der Waals surface area contributed by atoms with Gasteiger partial charge in [-0.2, -0.15) is 5.26 Å². The summed E-state index contributed by atoms with van der Waals surface area (Å²) in [7, 11) is 0. The molecule has 2 aromatic carbocycles. The van der Waals surface area contributed by atoms with Crippen LogP contribution in [0, 0.1) is 23.0 Å². The third-order valence-electron chi connectivity index (χ3n) is 3.26. The van der Waals surface area contributed by atoms with E-state index in [0.717, 1.165) is 0 Å². The first kappa shape index (κ1) is 13.9. The smallest absolute Gasteiger partial charge is 0.123 e. The Morgan fingerprint density at radius 2 is 1.45 bits per heavy atom. The number of nitriles is 1. The maximum Gasteiger partial charge on any atom is 0.123 e. The predicted molar refractivity (Wildman–Crippen MR) is 79.7 cm³/mol. The molecule has 0 spiro atoms. The molecular weight excluding hydrogens is 282 g/mol. The predicted octanol–water partition coefficient (Wildman–Crippen LogP) is 4.57. The Bertz CT molecular complexity index is 882. The lowest BCUT2D eigenvalue weighted by molar-refractivity contribution is 0.628. The molecule has 0 unspecified atom stereocenters. The van der Waals surface area contributed by atoms with E-state index < -0.39 is 5.82 Å². The van der Waals surface area contributed by atoms with Gasteiger partial charge in [-0.05, 0) is 35.9 Å². The van der Waals surface area contributed by atoms with E-state index in [1.54, 1.807) is 36.5 Å².